The van der Waals surface area contributed by atoms with E-state index >= 15 is 0 Å². The van der Waals surface area contributed by atoms with Gasteiger partial charge in [0, 0.05) is 23.9 Å². The van der Waals surface area contributed by atoms with Gasteiger partial charge in [-0.25, -0.2) is 4.79 Å². The van der Waals surface area contributed by atoms with E-state index in [9.17, 15) is 14.7 Å². The topological polar surface area (TPSA) is 57.6 Å². The van der Waals surface area contributed by atoms with E-state index in [1.54, 1.807) is 0 Å². The van der Waals surface area contributed by atoms with Crippen LogP contribution in [0.3, 0.4) is 0 Å². The summed E-state index contributed by atoms with van der Waals surface area (Å²) in [6.45, 7) is 7.62. The number of carbonyl (C=O) groups excluding carboxylic acids is 1. The molecule has 0 heterocycles. The molecule has 1 rings (SSSR count). The predicted octanol–water partition coefficient (Wildman–Crippen LogP) is 2.67. The van der Waals surface area contributed by atoms with Crippen molar-refractivity contribution in [2.24, 2.45) is 0 Å². The summed E-state index contributed by atoms with van der Waals surface area (Å²) in [4.78, 5) is 24.1. The van der Waals surface area contributed by atoms with E-state index in [1.165, 1.54) is 4.90 Å². The molecule has 1 saturated carbocycles. The fraction of sp³-hybridized carbons (Fsp3) is 0.833. The molecule has 92 valence electrons. The number of carbonyl (C=O) groups is 2. The van der Waals surface area contributed by atoms with Crippen molar-refractivity contribution in [3.05, 3.63) is 0 Å². The number of rotatable bonds is 1. The van der Waals surface area contributed by atoms with Crippen LogP contribution in [0.4, 0.5) is 4.79 Å². The van der Waals surface area contributed by atoms with Gasteiger partial charge in [0.2, 0.25) is 0 Å². The van der Waals surface area contributed by atoms with Crippen molar-refractivity contribution in [3.8, 4) is 0 Å². The molecule has 0 unspecified atom stereocenters. The fourth-order valence-corrected chi connectivity index (χ4v) is 2.62. The van der Waals surface area contributed by atoms with Gasteiger partial charge in [0.1, 0.15) is 5.78 Å². The summed E-state index contributed by atoms with van der Waals surface area (Å²) in [5, 5.41) is 9.33. The van der Waals surface area contributed by atoms with Crippen LogP contribution in [0.5, 0.6) is 0 Å². The van der Waals surface area contributed by atoms with Crippen LogP contribution in [0.15, 0.2) is 0 Å². The first-order chi connectivity index (χ1) is 7.17. The largest absolute Gasteiger partial charge is 0.465 e. The smallest absolute Gasteiger partial charge is 0.408 e. The summed E-state index contributed by atoms with van der Waals surface area (Å²) in [5.74, 6) is 0.247. The van der Waals surface area contributed by atoms with Gasteiger partial charge in [0.25, 0.3) is 0 Å². The van der Waals surface area contributed by atoms with Gasteiger partial charge < -0.3 is 5.11 Å². The van der Waals surface area contributed by atoms with E-state index in [0.29, 0.717) is 25.7 Å². The lowest BCUT2D eigenvalue weighted by Gasteiger charge is -2.48. The fourth-order valence-electron chi connectivity index (χ4n) is 2.62. The zero-order chi connectivity index (χ0) is 12.6. The highest BCUT2D eigenvalue weighted by atomic mass is 16.4. The normalized spacial score (nSPS) is 20.6. The Morgan fingerprint density at radius 1 is 1.31 bits per heavy atom. The second-order valence-electron chi connectivity index (χ2n) is 5.82. The Labute approximate surface area is 96.6 Å². The Kier molecular flexibility index (Phi) is 3.31. The lowest BCUT2D eigenvalue weighted by molar-refractivity contribution is -0.123. The molecule has 4 nitrogen and oxygen atoms in total. The third-order valence-electron chi connectivity index (χ3n) is 3.29. The van der Waals surface area contributed by atoms with Crippen molar-refractivity contribution in [2.45, 2.75) is 64.5 Å². The van der Waals surface area contributed by atoms with E-state index < -0.39 is 17.2 Å². The SMILES string of the molecule is CC(C)(C)N(C(=O)O)C1(C)CCC(=O)CC1. The summed E-state index contributed by atoms with van der Waals surface area (Å²) in [5.41, 5.74) is -0.834. The van der Waals surface area contributed by atoms with Crippen molar-refractivity contribution in [1.82, 2.24) is 4.90 Å². The van der Waals surface area contributed by atoms with Crippen LogP contribution < -0.4 is 0 Å². The van der Waals surface area contributed by atoms with Gasteiger partial charge >= 0.3 is 6.09 Å². The molecule has 1 aliphatic rings. The first kappa shape index (κ1) is 13.0. The number of hydrogen-bond acceptors (Lipinski definition) is 2. The van der Waals surface area contributed by atoms with E-state index in [-0.39, 0.29) is 5.78 Å². The van der Waals surface area contributed by atoms with E-state index in [2.05, 4.69) is 0 Å². The van der Waals surface area contributed by atoms with Crippen LogP contribution in [0.1, 0.15) is 53.4 Å². The molecular formula is C12H21NO3. The molecule has 0 bridgehead atoms. The summed E-state index contributed by atoms with van der Waals surface area (Å²) in [7, 11) is 0. The quantitative estimate of drug-likeness (QED) is 0.749. The molecular weight excluding hydrogens is 206 g/mol. The lowest BCUT2D eigenvalue weighted by atomic mass is 9.79. The Bertz CT molecular complexity index is 294. The van der Waals surface area contributed by atoms with Gasteiger partial charge in [-0.15, -0.1) is 0 Å². The molecule has 1 N–H and O–H groups in total. The van der Waals surface area contributed by atoms with E-state index in [1.807, 2.05) is 27.7 Å². The number of Topliss-reactive ketones (excluding diaryl/α,β-unsaturated/α-hetero) is 1. The molecule has 0 saturated heterocycles. The number of ketones is 1. The summed E-state index contributed by atoms with van der Waals surface area (Å²) in [6, 6.07) is 0. The molecule has 0 aromatic rings. The Hall–Kier alpha value is -1.06. The van der Waals surface area contributed by atoms with Crippen LogP contribution in [-0.2, 0) is 4.79 Å². The van der Waals surface area contributed by atoms with Crippen LogP contribution in [-0.4, -0.2) is 33.0 Å². The molecule has 0 aliphatic heterocycles. The summed E-state index contributed by atoms with van der Waals surface area (Å²) < 4.78 is 0. The number of hydrogen-bond donors (Lipinski definition) is 1. The van der Waals surface area contributed by atoms with Gasteiger partial charge in [-0.1, -0.05) is 0 Å². The molecule has 0 spiro atoms. The molecule has 4 heteroatoms. The highest BCUT2D eigenvalue weighted by molar-refractivity contribution is 5.80. The van der Waals surface area contributed by atoms with Gasteiger partial charge in [-0.2, -0.15) is 0 Å². The van der Waals surface area contributed by atoms with Crippen molar-refractivity contribution in [1.29, 1.82) is 0 Å². The highest BCUT2D eigenvalue weighted by Crippen LogP contribution is 2.36. The van der Waals surface area contributed by atoms with Crippen molar-refractivity contribution >= 4 is 11.9 Å². The van der Waals surface area contributed by atoms with Gasteiger partial charge in [-0.05, 0) is 40.5 Å². The molecule has 1 amide bonds. The molecule has 0 aromatic heterocycles. The maximum Gasteiger partial charge on any atom is 0.408 e. The van der Waals surface area contributed by atoms with E-state index in [4.69, 9.17) is 0 Å². The van der Waals surface area contributed by atoms with Crippen molar-refractivity contribution in [2.75, 3.05) is 0 Å². The summed E-state index contributed by atoms with van der Waals surface area (Å²) in [6.07, 6.45) is 1.36. The zero-order valence-corrected chi connectivity index (χ0v) is 10.5. The third kappa shape index (κ3) is 2.54. The van der Waals surface area contributed by atoms with Crippen LogP contribution in [0, 0.1) is 0 Å². The number of amides is 1. The van der Waals surface area contributed by atoms with Crippen molar-refractivity contribution < 1.29 is 14.7 Å². The Morgan fingerprint density at radius 3 is 2.06 bits per heavy atom. The third-order valence-corrected chi connectivity index (χ3v) is 3.29. The minimum atomic E-state index is -0.899. The average Bonchev–Trinajstić information content (AvgIpc) is 2.07. The van der Waals surface area contributed by atoms with Crippen LogP contribution in [0.2, 0.25) is 0 Å². The second-order valence-corrected chi connectivity index (χ2v) is 5.82. The van der Waals surface area contributed by atoms with Crippen LogP contribution >= 0.6 is 0 Å². The summed E-state index contributed by atoms with van der Waals surface area (Å²) >= 11 is 0. The predicted molar refractivity (Wildman–Crippen MR) is 61.5 cm³/mol. The Balaban J connectivity index is 2.94. The van der Waals surface area contributed by atoms with Crippen molar-refractivity contribution in [3.63, 3.8) is 0 Å². The lowest BCUT2D eigenvalue weighted by Crippen LogP contribution is -2.59. The maximum absolute atomic E-state index is 11.4. The first-order valence-corrected chi connectivity index (χ1v) is 5.72. The number of carboxylic acid groups (broad SMARTS) is 1. The highest BCUT2D eigenvalue weighted by Gasteiger charge is 2.43. The zero-order valence-electron chi connectivity index (χ0n) is 10.5. The Morgan fingerprint density at radius 2 is 1.75 bits per heavy atom. The molecule has 1 aliphatic carbocycles. The van der Waals surface area contributed by atoms with Gasteiger partial charge in [0.05, 0.1) is 0 Å². The molecule has 0 radical (unpaired) electrons. The van der Waals surface area contributed by atoms with E-state index in [0.717, 1.165) is 0 Å². The van der Waals surface area contributed by atoms with Gasteiger partial charge in [-0.3, -0.25) is 9.69 Å². The molecule has 16 heavy (non-hydrogen) atoms. The second kappa shape index (κ2) is 4.07. The molecule has 0 atom stereocenters. The maximum atomic E-state index is 11.4. The van der Waals surface area contributed by atoms with Gasteiger partial charge in [0.15, 0.2) is 0 Å². The molecule has 0 aromatic carbocycles. The molecule has 1 fully saturated rings. The minimum Gasteiger partial charge on any atom is -0.465 e. The first-order valence-electron chi connectivity index (χ1n) is 5.72. The number of nitrogens with zero attached hydrogens (tertiary/aromatic N) is 1. The minimum absolute atomic E-state index is 0.247. The standard InChI is InChI=1S/C12H21NO3/c1-11(2,3)13(10(15)16)12(4)7-5-9(14)6-8-12/h5-8H2,1-4H3,(H,15,16). The average molecular weight is 227 g/mol. The van der Waals surface area contributed by atoms with Crippen LogP contribution in [0.25, 0.3) is 0 Å². The monoisotopic (exact) mass is 227 g/mol.